The lowest BCUT2D eigenvalue weighted by Crippen LogP contribution is -2.28. The molecular formula is C19H19N3OS. The molecular weight excluding hydrogens is 318 g/mol. The molecule has 1 aromatic carbocycles. The summed E-state index contributed by atoms with van der Waals surface area (Å²) in [5, 5.41) is 9.83. The van der Waals surface area contributed by atoms with Crippen LogP contribution in [0, 0.1) is 13.8 Å². The topological polar surface area (TPSA) is 54.0 Å². The molecule has 0 unspecified atom stereocenters. The summed E-state index contributed by atoms with van der Waals surface area (Å²) in [5.74, 6) is 0. The predicted molar refractivity (Wildman–Crippen MR) is 99.3 cm³/mol. The zero-order valence-electron chi connectivity index (χ0n) is 13.7. The molecule has 0 aliphatic rings. The highest BCUT2D eigenvalue weighted by Gasteiger charge is 2.05. The largest absolute Gasteiger partial charge is 0.334 e. The summed E-state index contributed by atoms with van der Waals surface area (Å²) in [4.78, 5) is 16.4. The fourth-order valence-electron chi connectivity index (χ4n) is 2.33. The van der Waals surface area contributed by atoms with E-state index in [-0.39, 0.29) is 6.03 Å². The van der Waals surface area contributed by atoms with Crippen LogP contribution < -0.4 is 10.6 Å². The number of benzene rings is 1. The fraction of sp³-hybridized carbons (Fsp3) is 0.158. The SMILES string of the molecule is Cc1ccc(NC(=O)NCc2ccnc(-c3ccsc3)c2)cc1C. The third-order valence-electron chi connectivity index (χ3n) is 3.86. The number of carbonyl (C=O) groups excluding carboxylic acids is 1. The number of aryl methyl sites for hydroxylation is 2. The molecule has 2 heterocycles. The lowest BCUT2D eigenvalue weighted by molar-refractivity contribution is 0.251. The van der Waals surface area contributed by atoms with E-state index in [1.165, 1.54) is 5.56 Å². The van der Waals surface area contributed by atoms with E-state index in [1.54, 1.807) is 17.5 Å². The van der Waals surface area contributed by atoms with Crippen molar-refractivity contribution in [2.45, 2.75) is 20.4 Å². The van der Waals surface area contributed by atoms with Crippen LogP contribution in [0.2, 0.25) is 0 Å². The van der Waals surface area contributed by atoms with Crippen LogP contribution in [-0.2, 0) is 6.54 Å². The highest BCUT2D eigenvalue weighted by molar-refractivity contribution is 7.08. The summed E-state index contributed by atoms with van der Waals surface area (Å²) in [5.41, 5.74) is 6.19. The van der Waals surface area contributed by atoms with Gasteiger partial charge in [0.05, 0.1) is 5.69 Å². The van der Waals surface area contributed by atoms with E-state index in [4.69, 9.17) is 0 Å². The summed E-state index contributed by atoms with van der Waals surface area (Å²) in [7, 11) is 0. The summed E-state index contributed by atoms with van der Waals surface area (Å²) >= 11 is 1.64. The number of nitrogens with zero attached hydrogens (tertiary/aromatic N) is 1. The van der Waals surface area contributed by atoms with Gasteiger partial charge < -0.3 is 10.6 Å². The van der Waals surface area contributed by atoms with Gasteiger partial charge in [0.25, 0.3) is 0 Å². The van der Waals surface area contributed by atoms with Gasteiger partial charge in [-0.3, -0.25) is 4.98 Å². The minimum absolute atomic E-state index is 0.216. The Bertz CT molecular complexity index is 844. The molecule has 122 valence electrons. The van der Waals surface area contributed by atoms with Crippen LogP contribution in [0.4, 0.5) is 10.5 Å². The van der Waals surface area contributed by atoms with E-state index in [2.05, 4.69) is 21.0 Å². The van der Waals surface area contributed by atoms with Crippen molar-refractivity contribution in [1.29, 1.82) is 0 Å². The molecule has 24 heavy (non-hydrogen) atoms. The van der Waals surface area contributed by atoms with Crippen molar-refractivity contribution < 1.29 is 4.79 Å². The Morgan fingerprint density at radius 1 is 1.12 bits per heavy atom. The third-order valence-corrected chi connectivity index (χ3v) is 4.54. The molecule has 0 aliphatic heterocycles. The molecule has 0 spiro atoms. The number of hydrogen-bond acceptors (Lipinski definition) is 3. The quantitative estimate of drug-likeness (QED) is 0.722. The van der Waals surface area contributed by atoms with E-state index in [0.717, 1.165) is 28.1 Å². The number of carbonyl (C=O) groups is 1. The number of anilines is 1. The van der Waals surface area contributed by atoms with Crippen molar-refractivity contribution in [3.63, 3.8) is 0 Å². The van der Waals surface area contributed by atoms with Gasteiger partial charge in [-0.25, -0.2) is 4.79 Å². The van der Waals surface area contributed by atoms with Gasteiger partial charge in [0.2, 0.25) is 0 Å². The summed E-state index contributed by atoms with van der Waals surface area (Å²) < 4.78 is 0. The Hall–Kier alpha value is -2.66. The molecule has 0 atom stereocenters. The van der Waals surface area contributed by atoms with Gasteiger partial charge in [0.15, 0.2) is 0 Å². The first-order valence-electron chi connectivity index (χ1n) is 7.71. The molecule has 0 bridgehead atoms. The third kappa shape index (κ3) is 4.00. The summed E-state index contributed by atoms with van der Waals surface area (Å²) in [6.07, 6.45) is 1.77. The second kappa shape index (κ2) is 7.27. The molecule has 3 rings (SSSR count). The van der Waals surface area contributed by atoms with Crippen LogP contribution in [0.15, 0.2) is 53.4 Å². The van der Waals surface area contributed by atoms with E-state index < -0.39 is 0 Å². The first kappa shape index (κ1) is 16.2. The van der Waals surface area contributed by atoms with Gasteiger partial charge in [-0.05, 0) is 66.2 Å². The standard InChI is InChI=1S/C19H19N3OS/c1-13-3-4-17(9-14(13)2)22-19(23)21-11-15-5-7-20-18(10-15)16-6-8-24-12-16/h3-10,12H,11H2,1-2H3,(H2,21,22,23). The van der Waals surface area contributed by atoms with E-state index >= 15 is 0 Å². The Labute approximate surface area is 145 Å². The molecule has 2 amide bonds. The molecule has 0 radical (unpaired) electrons. The zero-order valence-corrected chi connectivity index (χ0v) is 14.5. The maximum atomic E-state index is 12.1. The van der Waals surface area contributed by atoms with Crippen LogP contribution in [0.1, 0.15) is 16.7 Å². The van der Waals surface area contributed by atoms with Gasteiger partial charge in [0.1, 0.15) is 0 Å². The van der Waals surface area contributed by atoms with Crippen molar-refractivity contribution in [3.05, 3.63) is 70.0 Å². The molecule has 0 aliphatic carbocycles. The van der Waals surface area contributed by atoms with Crippen molar-refractivity contribution in [2.75, 3.05) is 5.32 Å². The Balaban J connectivity index is 1.60. The lowest BCUT2D eigenvalue weighted by atomic mass is 10.1. The van der Waals surface area contributed by atoms with Crippen molar-refractivity contribution in [1.82, 2.24) is 10.3 Å². The average molecular weight is 337 g/mol. The molecule has 4 nitrogen and oxygen atoms in total. The number of nitrogens with one attached hydrogen (secondary N) is 2. The Morgan fingerprint density at radius 2 is 2.00 bits per heavy atom. The monoisotopic (exact) mass is 337 g/mol. The van der Waals surface area contributed by atoms with Crippen LogP contribution in [0.25, 0.3) is 11.3 Å². The normalized spacial score (nSPS) is 10.4. The number of hydrogen-bond donors (Lipinski definition) is 2. The van der Waals surface area contributed by atoms with Gasteiger partial charge in [-0.15, -0.1) is 0 Å². The summed E-state index contributed by atoms with van der Waals surface area (Å²) in [6.45, 7) is 4.53. The Morgan fingerprint density at radius 3 is 2.75 bits per heavy atom. The maximum Gasteiger partial charge on any atom is 0.319 e. The number of pyridine rings is 1. The summed E-state index contributed by atoms with van der Waals surface area (Å²) in [6, 6.07) is 11.6. The number of amides is 2. The maximum absolute atomic E-state index is 12.1. The minimum atomic E-state index is -0.216. The van der Waals surface area contributed by atoms with E-state index in [1.807, 2.05) is 55.6 Å². The lowest BCUT2D eigenvalue weighted by Gasteiger charge is -2.10. The number of aromatic nitrogens is 1. The molecule has 2 N–H and O–H groups in total. The van der Waals surface area contributed by atoms with Crippen LogP contribution >= 0.6 is 11.3 Å². The first-order chi connectivity index (χ1) is 11.6. The van der Waals surface area contributed by atoms with Gasteiger partial charge in [-0.2, -0.15) is 11.3 Å². The number of rotatable bonds is 4. The first-order valence-corrected chi connectivity index (χ1v) is 8.66. The Kier molecular flexibility index (Phi) is 4.91. The van der Waals surface area contributed by atoms with Gasteiger partial charge >= 0.3 is 6.03 Å². The molecule has 0 saturated heterocycles. The zero-order chi connectivity index (χ0) is 16.9. The fourth-order valence-corrected chi connectivity index (χ4v) is 2.98. The molecule has 5 heteroatoms. The smallest absolute Gasteiger partial charge is 0.319 e. The van der Waals surface area contributed by atoms with Crippen molar-refractivity contribution >= 4 is 23.1 Å². The van der Waals surface area contributed by atoms with Crippen LogP contribution in [0.3, 0.4) is 0 Å². The number of thiophene rings is 1. The van der Waals surface area contributed by atoms with E-state index in [9.17, 15) is 4.79 Å². The molecule has 0 fully saturated rings. The second-order valence-electron chi connectivity index (χ2n) is 5.67. The van der Waals surface area contributed by atoms with Crippen molar-refractivity contribution in [3.8, 4) is 11.3 Å². The molecule has 0 saturated carbocycles. The molecule has 3 aromatic rings. The van der Waals surface area contributed by atoms with E-state index in [0.29, 0.717) is 6.54 Å². The van der Waals surface area contributed by atoms with Crippen LogP contribution in [-0.4, -0.2) is 11.0 Å². The molecule has 2 aromatic heterocycles. The minimum Gasteiger partial charge on any atom is -0.334 e. The highest BCUT2D eigenvalue weighted by atomic mass is 32.1. The predicted octanol–water partition coefficient (Wildman–Crippen LogP) is 4.75. The van der Waals surface area contributed by atoms with Gasteiger partial charge in [0, 0.05) is 29.4 Å². The van der Waals surface area contributed by atoms with Crippen molar-refractivity contribution in [2.24, 2.45) is 0 Å². The average Bonchev–Trinajstić information content (AvgIpc) is 3.11. The second-order valence-corrected chi connectivity index (χ2v) is 6.45. The van der Waals surface area contributed by atoms with Crippen LogP contribution in [0.5, 0.6) is 0 Å². The number of urea groups is 1. The van der Waals surface area contributed by atoms with Gasteiger partial charge in [-0.1, -0.05) is 6.07 Å². The highest BCUT2D eigenvalue weighted by Crippen LogP contribution is 2.20.